The summed E-state index contributed by atoms with van der Waals surface area (Å²) >= 11 is 0. The van der Waals surface area contributed by atoms with E-state index in [0.29, 0.717) is 0 Å². The topological polar surface area (TPSA) is 80.5 Å². The van der Waals surface area contributed by atoms with Gasteiger partial charge < -0.3 is 5.73 Å². The number of nitrogens with zero attached hydrogens (tertiary/aromatic N) is 3. The van der Waals surface area contributed by atoms with Crippen molar-refractivity contribution in [1.82, 2.24) is 20.2 Å². The van der Waals surface area contributed by atoms with E-state index in [4.69, 9.17) is 5.73 Å². The van der Waals surface area contributed by atoms with Gasteiger partial charge in [0.25, 0.3) is 0 Å². The number of hydrogen-bond donors (Lipinski definition) is 2. The van der Waals surface area contributed by atoms with Crippen LogP contribution < -0.4 is 5.73 Å². The van der Waals surface area contributed by atoms with Crippen LogP contribution in [0.25, 0.3) is 11.4 Å². The van der Waals surface area contributed by atoms with Crippen LogP contribution in [0.1, 0.15) is 5.69 Å². The summed E-state index contributed by atoms with van der Waals surface area (Å²) in [5, 5.41) is 5.94. The molecule has 0 aliphatic rings. The molecule has 0 amide bonds. The fourth-order valence-corrected chi connectivity index (χ4v) is 1.14. The van der Waals surface area contributed by atoms with E-state index in [1.165, 1.54) is 6.07 Å². The van der Waals surface area contributed by atoms with Crippen LogP contribution in [-0.2, 0) is 6.18 Å². The number of anilines is 1. The van der Waals surface area contributed by atoms with Crippen LogP contribution in [0.3, 0.4) is 0 Å². The Morgan fingerprint density at radius 3 is 2.62 bits per heavy atom. The summed E-state index contributed by atoms with van der Waals surface area (Å²) in [5.41, 5.74) is 4.49. The largest absolute Gasteiger partial charge is 0.433 e. The van der Waals surface area contributed by atoms with Crippen molar-refractivity contribution in [2.45, 2.75) is 6.18 Å². The van der Waals surface area contributed by atoms with Gasteiger partial charge >= 0.3 is 6.18 Å². The smallest absolute Gasteiger partial charge is 0.366 e. The summed E-state index contributed by atoms with van der Waals surface area (Å²) in [6, 6.07) is 2.26. The fraction of sp³-hybridized carbons (Fsp3) is 0.125. The van der Waals surface area contributed by atoms with Crippen molar-refractivity contribution in [1.29, 1.82) is 0 Å². The molecule has 2 rings (SSSR count). The molecular weight excluding hydrogens is 223 g/mol. The second kappa shape index (κ2) is 3.47. The molecule has 0 aliphatic carbocycles. The summed E-state index contributed by atoms with van der Waals surface area (Å²) in [5.74, 6) is 0.144. The number of hydrogen-bond acceptors (Lipinski definition) is 4. The predicted octanol–water partition coefficient (Wildman–Crippen LogP) is 1.47. The van der Waals surface area contributed by atoms with E-state index in [1.807, 2.05) is 0 Å². The Balaban J connectivity index is 2.44. The zero-order valence-electron chi connectivity index (χ0n) is 7.78. The van der Waals surface area contributed by atoms with Gasteiger partial charge in [0.2, 0.25) is 5.95 Å². The van der Waals surface area contributed by atoms with Crippen molar-refractivity contribution >= 4 is 5.95 Å². The maximum absolute atomic E-state index is 12.4. The average molecular weight is 229 g/mol. The lowest BCUT2D eigenvalue weighted by atomic mass is 10.2. The number of rotatable bonds is 1. The highest BCUT2D eigenvalue weighted by Gasteiger charge is 2.32. The van der Waals surface area contributed by atoms with E-state index in [1.54, 1.807) is 0 Å². The van der Waals surface area contributed by atoms with Crippen LogP contribution in [-0.4, -0.2) is 20.2 Å². The quantitative estimate of drug-likeness (QED) is 0.775. The second-order valence-electron chi connectivity index (χ2n) is 2.97. The van der Waals surface area contributed by atoms with Gasteiger partial charge in [-0.3, -0.25) is 10.1 Å². The second-order valence-corrected chi connectivity index (χ2v) is 2.97. The molecular formula is C8H6F3N5. The van der Waals surface area contributed by atoms with Crippen molar-refractivity contribution in [3.05, 3.63) is 24.0 Å². The summed E-state index contributed by atoms with van der Waals surface area (Å²) in [4.78, 5) is 6.94. The minimum absolute atomic E-state index is 0.0274. The molecule has 0 radical (unpaired) electrons. The van der Waals surface area contributed by atoms with E-state index in [-0.39, 0.29) is 17.3 Å². The van der Waals surface area contributed by atoms with Gasteiger partial charge in [-0.1, -0.05) is 0 Å². The van der Waals surface area contributed by atoms with Crippen LogP contribution in [0.5, 0.6) is 0 Å². The first-order chi connectivity index (χ1) is 7.47. The Bertz CT molecular complexity index is 504. The average Bonchev–Trinajstić information content (AvgIpc) is 2.64. The van der Waals surface area contributed by atoms with E-state index in [9.17, 15) is 13.2 Å². The van der Waals surface area contributed by atoms with Gasteiger partial charge in [-0.15, -0.1) is 5.10 Å². The molecule has 0 saturated carbocycles. The normalized spacial score (nSPS) is 11.7. The molecule has 0 aliphatic heterocycles. The van der Waals surface area contributed by atoms with Crippen molar-refractivity contribution in [2.75, 3.05) is 5.73 Å². The van der Waals surface area contributed by atoms with Crippen LogP contribution in [0.2, 0.25) is 0 Å². The first-order valence-electron chi connectivity index (χ1n) is 4.18. The monoisotopic (exact) mass is 229 g/mol. The van der Waals surface area contributed by atoms with Gasteiger partial charge in [-0.25, -0.2) is 0 Å². The molecule has 0 saturated heterocycles. The third-order valence-corrected chi connectivity index (χ3v) is 1.83. The van der Waals surface area contributed by atoms with E-state index >= 15 is 0 Å². The fourth-order valence-electron chi connectivity index (χ4n) is 1.14. The van der Waals surface area contributed by atoms with Crippen molar-refractivity contribution < 1.29 is 13.2 Å². The third-order valence-electron chi connectivity index (χ3n) is 1.83. The Labute approximate surface area is 87.5 Å². The standard InChI is InChI=1S/C8H6F3N5/c9-8(10,11)5-3-4(1-2-13-5)6-14-7(12)16-15-6/h1-3H,(H3,12,14,15,16). The van der Waals surface area contributed by atoms with Crippen molar-refractivity contribution in [3.8, 4) is 11.4 Å². The highest BCUT2D eigenvalue weighted by Crippen LogP contribution is 2.29. The van der Waals surface area contributed by atoms with E-state index < -0.39 is 11.9 Å². The van der Waals surface area contributed by atoms with E-state index in [2.05, 4.69) is 20.2 Å². The van der Waals surface area contributed by atoms with Gasteiger partial charge in [-0.05, 0) is 12.1 Å². The molecule has 5 nitrogen and oxygen atoms in total. The number of nitrogen functional groups attached to an aromatic ring is 1. The summed E-state index contributed by atoms with van der Waals surface area (Å²) in [6.45, 7) is 0. The first-order valence-corrected chi connectivity index (χ1v) is 4.18. The number of alkyl halides is 3. The zero-order chi connectivity index (χ0) is 11.8. The Kier molecular flexibility index (Phi) is 2.26. The molecule has 0 unspecified atom stereocenters. The Morgan fingerprint density at radius 1 is 1.31 bits per heavy atom. The van der Waals surface area contributed by atoms with Crippen LogP contribution in [0.15, 0.2) is 18.3 Å². The zero-order valence-corrected chi connectivity index (χ0v) is 7.78. The number of aromatic amines is 1. The maximum Gasteiger partial charge on any atom is 0.433 e. The summed E-state index contributed by atoms with van der Waals surface area (Å²) in [6.07, 6.45) is -3.43. The maximum atomic E-state index is 12.4. The number of aromatic nitrogens is 4. The number of halogens is 3. The molecule has 0 spiro atoms. The molecule has 16 heavy (non-hydrogen) atoms. The molecule has 3 N–H and O–H groups in total. The van der Waals surface area contributed by atoms with Crippen molar-refractivity contribution in [2.24, 2.45) is 0 Å². The number of nitrogens with one attached hydrogen (secondary N) is 1. The molecule has 0 aromatic carbocycles. The number of nitrogens with two attached hydrogens (primary N) is 1. The molecule has 2 heterocycles. The molecule has 0 atom stereocenters. The molecule has 2 aromatic rings. The van der Waals surface area contributed by atoms with Gasteiger partial charge in [0.05, 0.1) is 0 Å². The Hall–Kier alpha value is -2.12. The molecule has 2 aromatic heterocycles. The highest BCUT2D eigenvalue weighted by molar-refractivity contribution is 5.55. The van der Waals surface area contributed by atoms with Crippen LogP contribution in [0, 0.1) is 0 Å². The molecule has 8 heteroatoms. The summed E-state index contributed by atoms with van der Waals surface area (Å²) < 4.78 is 37.1. The van der Waals surface area contributed by atoms with Gasteiger partial charge in [-0.2, -0.15) is 18.2 Å². The lowest BCUT2D eigenvalue weighted by Gasteiger charge is -2.05. The molecule has 84 valence electrons. The van der Waals surface area contributed by atoms with Crippen LogP contribution in [0.4, 0.5) is 19.1 Å². The number of H-pyrrole nitrogens is 1. The molecule has 0 fully saturated rings. The van der Waals surface area contributed by atoms with E-state index in [0.717, 1.165) is 12.3 Å². The minimum Gasteiger partial charge on any atom is -0.366 e. The van der Waals surface area contributed by atoms with Crippen LogP contribution >= 0.6 is 0 Å². The first kappa shape index (κ1) is 10.4. The third kappa shape index (κ3) is 1.95. The number of pyridine rings is 1. The Morgan fingerprint density at radius 2 is 2.06 bits per heavy atom. The lowest BCUT2D eigenvalue weighted by molar-refractivity contribution is -0.141. The lowest BCUT2D eigenvalue weighted by Crippen LogP contribution is -2.07. The minimum atomic E-state index is -4.48. The highest BCUT2D eigenvalue weighted by atomic mass is 19.4. The van der Waals surface area contributed by atoms with Gasteiger partial charge in [0, 0.05) is 11.8 Å². The van der Waals surface area contributed by atoms with Crippen molar-refractivity contribution in [3.63, 3.8) is 0 Å². The van der Waals surface area contributed by atoms with Gasteiger partial charge in [0.1, 0.15) is 5.69 Å². The predicted molar refractivity (Wildman–Crippen MR) is 49.0 cm³/mol. The molecule has 0 bridgehead atoms. The SMILES string of the molecule is Nc1n[nH]c(-c2ccnc(C(F)(F)F)c2)n1. The summed E-state index contributed by atoms with van der Waals surface area (Å²) in [7, 11) is 0. The van der Waals surface area contributed by atoms with Gasteiger partial charge in [0.15, 0.2) is 5.82 Å².